The molecule has 0 aliphatic carbocycles. The minimum atomic E-state index is -3.59. The third-order valence-electron chi connectivity index (χ3n) is 3.20. The minimum Gasteiger partial charge on any atom is -0.497 e. The quantitative estimate of drug-likeness (QED) is 0.715. The summed E-state index contributed by atoms with van der Waals surface area (Å²) in [6.07, 6.45) is 0. The molecule has 0 unspecified atom stereocenters. The van der Waals surface area contributed by atoms with Gasteiger partial charge in [-0.1, -0.05) is 24.3 Å². The second-order valence-electron chi connectivity index (χ2n) is 4.81. The van der Waals surface area contributed by atoms with Crippen molar-refractivity contribution in [2.45, 2.75) is 10.6 Å². The summed E-state index contributed by atoms with van der Waals surface area (Å²) in [6, 6.07) is 15.4. The molecule has 0 amide bonds. The molecule has 1 heterocycles. The van der Waals surface area contributed by atoms with Gasteiger partial charge in [-0.2, -0.15) is 0 Å². The molecular formula is C16H14N2O4S. The summed E-state index contributed by atoms with van der Waals surface area (Å²) in [4.78, 5) is 0.149. The Morgan fingerprint density at radius 1 is 1.04 bits per heavy atom. The van der Waals surface area contributed by atoms with Crippen molar-refractivity contribution in [1.82, 2.24) is 10.2 Å². The van der Waals surface area contributed by atoms with Gasteiger partial charge in [-0.15, -0.1) is 10.2 Å². The number of nitrogens with zero attached hydrogens (tertiary/aromatic N) is 2. The van der Waals surface area contributed by atoms with Crippen LogP contribution in [0.3, 0.4) is 0 Å². The van der Waals surface area contributed by atoms with Gasteiger partial charge < -0.3 is 9.15 Å². The summed E-state index contributed by atoms with van der Waals surface area (Å²) in [5, 5.41) is 7.71. The molecule has 0 saturated heterocycles. The highest BCUT2D eigenvalue weighted by Crippen LogP contribution is 2.22. The monoisotopic (exact) mass is 330 g/mol. The fourth-order valence-corrected chi connectivity index (χ4v) is 3.24. The summed E-state index contributed by atoms with van der Waals surface area (Å²) in [6.45, 7) is 0. The third kappa shape index (κ3) is 3.40. The van der Waals surface area contributed by atoms with E-state index in [4.69, 9.17) is 9.15 Å². The van der Waals surface area contributed by atoms with Crippen molar-refractivity contribution in [1.29, 1.82) is 0 Å². The topological polar surface area (TPSA) is 82.3 Å². The number of methoxy groups -OCH3 is 1. The summed E-state index contributed by atoms with van der Waals surface area (Å²) in [5.41, 5.74) is 0.741. The molecule has 0 radical (unpaired) electrons. The van der Waals surface area contributed by atoms with Gasteiger partial charge in [-0.25, -0.2) is 8.42 Å². The van der Waals surface area contributed by atoms with E-state index >= 15 is 0 Å². The Kier molecular flexibility index (Phi) is 4.12. The van der Waals surface area contributed by atoms with Crippen LogP contribution in [-0.4, -0.2) is 25.7 Å². The Morgan fingerprint density at radius 3 is 2.57 bits per heavy atom. The van der Waals surface area contributed by atoms with Crippen LogP contribution in [0.25, 0.3) is 11.5 Å². The highest BCUT2D eigenvalue weighted by atomic mass is 32.2. The SMILES string of the molecule is COc1cccc(S(=O)(=O)Cc2nnc(-c3ccccc3)o2)c1. The summed E-state index contributed by atoms with van der Waals surface area (Å²) < 4.78 is 35.4. The number of hydrogen-bond donors (Lipinski definition) is 0. The maximum atomic E-state index is 12.4. The first-order chi connectivity index (χ1) is 11.1. The highest BCUT2D eigenvalue weighted by Gasteiger charge is 2.20. The molecule has 118 valence electrons. The van der Waals surface area contributed by atoms with Crippen LogP contribution in [0.1, 0.15) is 5.89 Å². The average molecular weight is 330 g/mol. The summed E-state index contributed by atoms with van der Waals surface area (Å²) in [5.74, 6) is 0.453. The molecule has 0 aliphatic rings. The molecule has 0 N–H and O–H groups in total. The van der Waals surface area contributed by atoms with Crippen molar-refractivity contribution in [3.63, 3.8) is 0 Å². The molecule has 0 fully saturated rings. The Bertz CT molecular complexity index is 905. The van der Waals surface area contributed by atoms with E-state index in [0.29, 0.717) is 11.6 Å². The van der Waals surface area contributed by atoms with E-state index < -0.39 is 9.84 Å². The van der Waals surface area contributed by atoms with Crippen LogP contribution in [0.4, 0.5) is 0 Å². The minimum absolute atomic E-state index is 0.0478. The maximum absolute atomic E-state index is 12.4. The van der Waals surface area contributed by atoms with Crippen molar-refractivity contribution in [3.05, 3.63) is 60.5 Å². The first-order valence-corrected chi connectivity index (χ1v) is 8.48. The maximum Gasteiger partial charge on any atom is 0.247 e. The van der Waals surface area contributed by atoms with Crippen LogP contribution in [0.15, 0.2) is 63.9 Å². The van der Waals surface area contributed by atoms with Gasteiger partial charge >= 0.3 is 0 Å². The average Bonchev–Trinajstić information content (AvgIpc) is 3.03. The Balaban J connectivity index is 1.85. The first kappa shape index (κ1) is 15.2. The molecule has 3 rings (SSSR count). The fraction of sp³-hybridized carbons (Fsp3) is 0.125. The molecule has 0 atom stereocenters. The van der Waals surface area contributed by atoms with Crippen molar-refractivity contribution in [2.75, 3.05) is 7.11 Å². The molecule has 3 aromatic rings. The van der Waals surface area contributed by atoms with E-state index in [1.54, 1.807) is 12.1 Å². The number of sulfone groups is 1. The van der Waals surface area contributed by atoms with Gasteiger partial charge in [0.15, 0.2) is 9.84 Å². The lowest BCUT2D eigenvalue weighted by atomic mass is 10.2. The Hall–Kier alpha value is -2.67. The molecule has 0 saturated carbocycles. The van der Waals surface area contributed by atoms with Crippen LogP contribution in [0.2, 0.25) is 0 Å². The standard InChI is InChI=1S/C16H14N2O4S/c1-21-13-8-5-9-14(10-13)23(19,20)11-15-17-18-16(22-15)12-6-3-2-4-7-12/h2-10H,11H2,1H3. The van der Waals surface area contributed by atoms with Crippen molar-refractivity contribution < 1.29 is 17.6 Å². The van der Waals surface area contributed by atoms with Crippen molar-refractivity contribution in [3.8, 4) is 17.2 Å². The smallest absolute Gasteiger partial charge is 0.247 e. The van der Waals surface area contributed by atoms with Crippen LogP contribution >= 0.6 is 0 Å². The van der Waals surface area contributed by atoms with Crippen LogP contribution in [-0.2, 0) is 15.6 Å². The van der Waals surface area contributed by atoms with Crippen LogP contribution < -0.4 is 4.74 Å². The Morgan fingerprint density at radius 2 is 1.83 bits per heavy atom. The summed E-state index contributed by atoms with van der Waals surface area (Å²) in [7, 11) is -2.11. The molecule has 23 heavy (non-hydrogen) atoms. The van der Waals surface area contributed by atoms with Gasteiger partial charge in [-0.05, 0) is 30.3 Å². The van der Waals surface area contributed by atoms with Gasteiger partial charge in [-0.3, -0.25) is 0 Å². The number of aromatic nitrogens is 2. The first-order valence-electron chi connectivity index (χ1n) is 6.83. The lowest BCUT2D eigenvalue weighted by Gasteiger charge is -2.04. The van der Waals surface area contributed by atoms with Crippen LogP contribution in [0, 0.1) is 0 Å². The third-order valence-corrected chi connectivity index (χ3v) is 4.80. The summed E-state index contributed by atoms with van der Waals surface area (Å²) >= 11 is 0. The molecule has 0 bridgehead atoms. The normalized spacial score (nSPS) is 11.3. The van der Waals surface area contributed by atoms with E-state index in [0.717, 1.165) is 5.56 Å². The number of benzene rings is 2. The van der Waals surface area contributed by atoms with E-state index in [-0.39, 0.29) is 16.5 Å². The molecule has 7 heteroatoms. The van der Waals surface area contributed by atoms with Gasteiger partial charge in [0.2, 0.25) is 11.8 Å². The van der Waals surface area contributed by atoms with Gasteiger partial charge in [0, 0.05) is 5.56 Å². The zero-order valence-electron chi connectivity index (χ0n) is 12.3. The number of ether oxygens (including phenoxy) is 1. The zero-order valence-corrected chi connectivity index (χ0v) is 13.2. The van der Waals surface area contributed by atoms with Gasteiger partial charge in [0.25, 0.3) is 0 Å². The molecule has 2 aromatic carbocycles. The largest absolute Gasteiger partial charge is 0.497 e. The van der Waals surface area contributed by atoms with E-state index in [2.05, 4.69) is 10.2 Å². The van der Waals surface area contributed by atoms with Crippen molar-refractivity contribution in [2.24, 2.45) is 0 Å². The molecular weight excluding hydrogens is 316 g/mol. The number of rotatable bonds is 5. The second kappa shape index (κ2) is 6.21. The van der Waals surface area contributed by atoms with Crippen molar-refractivity contribution >= 4 is 9.84 Å². The fourth-order valence-electron chi connectivity index (χ4n) is 2.05. The lowest BCUT2D eigenvalue weighted by Crippen LogP contribution is -2.05. The molecule has 1 aromatic heterocycles. The van der Waals surface area contributed by atoms with E-state index in [1.807, 2.05) is 30.3 Å². The molecule has 0 aliphatic heterocycles. The Labute approximate surface area is 133 Å². The van der Waals surface area contributed by atoms with Gasteiger partial charge in [0.1, 0.15) is 11.5 Å². The highest BCUT2D eigenvalue weighted by molar-refractivity contribution is 7.90. The molecule has 0 spiro atoms. The molecule has 6 nitrogen and oxygen atoms in total. The lowest BCUT2D eigenvalue weighted by molar-refractivity contribution is 0.413. The predicted octanol–water partition coefficient (Wildman–Crippen LogP) is 2.72. The second-order valence-corrected chi connectivity index (χ2v) is 6.79. The van der Waals surface area contributed by atoms with E-state index in [9.17, 15) is 8.42 Å². The van der Waals surface area contributed by atoms with E-state index in [1.165, 1.54) is 19.2 Å². The van der Waals surface area contributed by atoms with Crippen LogP contribution in [0.5, 0.6) is 5.75 Å². The number of hydrogen-bond acceptors (Lipinski definition) is 6. The predicted molar refractivity (Wildman–Crippen MR) is 83.6 cm³/mol. The van der Waals surface area contributed by atoms with Gasteiger partial charge in [0.05, 0.1) is 12.0 Å². The zero-order chi connectivity index (χ0) is 16.3.